The van der Waals surface area contributed by atoms with E-state index in [2.05, 4.69) is 27.3 Å². The number of aromatic nitrogens is 1. The highest BCUT2D eigenvalue weighted by Gasteiger charge is 2.05. The largest absolute Gasteiger partial charge is 0.348 e. The number of amides is 1. The highest BCUT2D eigenvalue weighted by molar-refractivity contribution is 6.29. The molecule has 0 aliphatic rings. The second kappa shape index (κ2) is 7.20. The van der Waals surface area contributed by atoms with Gasteiger partial charge in [-0.1, -0.05) is 35.9 Å². The molecular weight excluding hydrogens is 286 g/mol. The number of rotatable bonds is 5. The van der Waals surface area contributed by atoms with Gasteiger partial charge < -0.3 is 10.2 Å². The van der Waals surface area contributed by atoms with Crippen molar-refractivity contribution in [3.63, 3.8) is 0 Å². The maximum absolute atomic E-state index is 11.9. The van der Waals surface area contributed by atoms with Gasteiger partial charge >= 0.3 is 0 Å². The molecule has 2 aromatic rings. The zero-order valence-electron chi connectivity index (χ0n) is 12.1. The van der Waals surface area contributed by atoms with E-state index in [-0.39, 0.29) is 5.91 Å². The number of carbonyl (C=O) groups excluding carboxylic acids is 1. The molecule has 0 spiro atoms. The Labute approximate surface area is 129 Å². The minimum Gasteiger partial charge on any atom is -0.348 e. The Morgan fingerprint density at radius 2 is 1.81 bits per heavy atom. The molecule has 0 bridgehead atoms. The SMILES string of the molecule is CN(C)Cc1ccc(CNC(=O)c2ccc(Cl)nc2)cc1. The molecule has 1 N–H and O–H groups in total. The van der Waals surface area contributed by atoms with Crippen LogP contribution >= 0.6 is 11.6 Å². The fourth-order valence-electron chi connectivity index (χ4n) is 1.92. The molecule has 21 heavy (non-hydrogen) atoms. The third-order valence-electron chi connectivity index (χ3n) is 2.96. The van der Waals surface area contributed by atoms with E-state index in [1.807, 2.05) is 26.2 Å². The molecule has 2 rings (SSSR count). The summed E-state index contributed by atoms with van der Waals surface area (Å²) in [6.07, 6.45) is 1.47. The summed E-state index contributed by atoms with van der Waals surface area (Å²) in [7, 11) is 4.07. The van der Waals surface area contributed by atoms with Gasteiger partial charge in [-0.05, 0) is 37.4 Å². The maximum Gasteiger partial charge on any atom is 0.253 e. The van der Waals surface area contributed by atoms with Crippen LogP contribution < -0.4 is 5.32 Å². The number of hydrogen-bond donors (Lipinski definition) is 1. The van der Waals surface area contributed by atoms with Crippen molar-refractivity contribution < 1.29 is 4.79 Å². The van der Waals surface area contributed by atoms with E-state index in [0.717, 1.165) is 12.1 Å². The first-order valence-corrected chi connectivity index (χ1v) is 7.04. The summed E-state index contributed by atoms with van der Waals surface area (Å²) in [5, 5.41) is 3.24. The number of hydrogen-bond acceptors (Lipinski definition) is 3. The van der Waals surface area contributed by atoms with Crippen LogP contribution in [0.2, 0.25) is 5.15 Å². The standard InChI is InChI=1S/C16H18ClN3O/c1-20(2)11-13-5-3-12(4-6-13)9-19-16(21)14-7-8-15(17)18-10-14/h3-8,10H,9,11H2,1-2H3,(H,19,21). The summed E-state index contributed by atoms with van der Waals surface area (Å²) in [4.78, 5) is 18.0. The first-order valence-electron chi connectivity index (χ1n) is 6.67. The molecule has 1 amide bonds. The summed E-state index contributed by atoms with van der Waals surface area (Å²) >= 11 is 5.69. The lowest BCUT2D eigenvalue weighted by Gasteiger charge is -2.10. The molecule has 0 radical (unpaired) electrons. The van der Waals surface area contributed by atoms with Gasteiger partial charge in [0.1, 0.15) is 5.15 Å². The van der Waals surface area contributed by atoms with Gasteiger partial charge in [-0.15, -0.1) is 0 Å². The van der Waals surface area contributed by atoms with Crippen molar-refractivity contribution >= 4 is 17.5 Å². The second-order valence-electron chi connectivity index (χ2n) is 5.11. The quantitative estimate of drug-likeness (QED) is 0.864. The first kappa shape index (κ1) is 15.5. The van der Waals surface area contributed by atoms with Crippen LogP contribution in [0.1, 0.15) is 21.5 Å². The number of benzene rings is 1. The number of carbonyl (C=O) groups is 1. The van der Waals surface area contributed by atoms with Gasteiger partial charge in [0.25, 0.3) is 5.91 Å². The van der Waals surface area contributed by atoms with Crippen molar-refractivity contribution in [2.75, 3.05) is 14.1 Å². The van der Waals surface area contributed by atoms with Crippen molar-refractivity contribution in [2.45, 2.75) is 13.1 Å². The number of halogens is 1. The molecule has 0 aliphatic heterocycles. The van der Waals surface area contributed by atoms with E-state index in [9.17, 15) is 4.79 Å². The molecule has 1 heterocycles. The predicted octanol–water partition coefficient (Wildman–Crippen LogP) is 2.73. The highest BCUT2D eigenvalue weighted by atomic mass is 35.5. The van der Waals surface area contributed by atoms with Gasteiger partial charge in [0.05, 0.1) is 5.56 Å². The first-order chi connectivity index (χ1) is 10.0. The van der Waals surface area contributed by atoms with Crippen LogP contribution in [-0.4, -0.2) is 29.9 Å². The van der Waals surface area contributed by atoms with Crippen molar-refractivity contribution in [3.8, 4) is 0 Å². The number of nitrogens with one attached hydrogen (secondary N) is 1. The Morgan fingerprint density at radius 1 is 1.14 bits per heavy atom. The van der Waals surface area contributed by atoms with Crippen LogP contribution in [0.3, 0.4) is 0 Å². The normalized spacial score (nSPS) is 10.7. The van der Waals surface area contributed by atoms with E-state index in [1.54, 1.807) is 12.1 Å². The zero-order chi connectivity index (χ0) is 15.2. The van der Waals surface area contributed by atoms with E-state index in [4.69, 9.17) is 11.6 Å². The van der Waals surface area contributed by atoms with Crippen LogP contribution in [0.4, 0.5) is 0 Å². The summed E-state index contributed by atoms with van der Waals surface area (Å²) in [6, 6.07) is 11.5. The third-order valence-corrected chi connectivity index (χ3v) is 3.19. The predicted molar refractivity (Wildman–Crippen MR) is 84.3 cm³/mol. The summed E-state index contributed by atoms with van der Waals surface area (Å²) < 4.78 is 0. The van der Waals surface area contributed by atoms with Crippen molar-refractivity contribution in [3.05, 3.63) is 64.4 Å². The Bertz CT molecular complexity index is 594. The smallest absolute Gasteiger partial charge is 0.253 e. The van der Waals surface area contributed by atoms with Gasteiger partial charge in [-0.3, -0.25) is 4.79 Å². The molecular formula is C16H18ClN3O. The van der Waals surface area contributed by atoms with Crippen LogP contribution in [0.5, 0.6) is 0 Å². The Kier molecular flexibility index (Phi) is 5.31. The van der Waals surface area contributed by atoms with Crippen molar-refractivity contribution in [2.24, 2.45) is 0 Å². The highest BCUT2D eigenvalue weighted by Crippen LogP contribution is 2.08. The molecule has 1 aromatic heterocycles. The summed E-state index contributed by atoms with van der Waals surface area (Å²) in [5.41, 5.74) is 2.81. The van der Waals surface area contributed by atoms with Gasteiger partial charge in [-0.2, -0.15) is 0 Å². The second-order valence-corrected chi connectivity index (χ2v) is 5.49. The minimum absolute atomic E-state index is 0.156. The Hall–Kier alpha value is -1.91. The monoisotopic (exact) mass is 303 g/mol. The molecule has 5 heteroatoms. The van der Waals surface area contributed by atoms with Gasteiger partial charge in [0, 0.05) is 19.3 Å². The average Bonchev–Trinajstić information content (AvgIpc) is 2.46. The fraction of sp³-hybridized carbons (Fsp3) is 0.250. The molecule has 0 unspecified atom stereocenters. The topological polar surface area (TPSA) is 45.2 Å². The molecule has 0 atom stereocenters. The molecule has 1 aromatic carbocycles. The lowest BCUT2D eigenvalue weighted by molar-refractivity contribution is 0.0950. The number of nitrogens with zero attached hydrogens (tertiary/aromatic N) is 2. The molecule has 0 fully saturated rings. The van der Waals surface area contributed by atoms with Crippen LogP contribution in [0.25, 0.3) is 0 Å². The Balaban J connectivity index is 1.90. The van der Waals surface area contributed by atoms with Crippen LogP contribution in [0, 0.1) is 0 Å². The van der Waals surface area contributed by atoms with Gasteiger partial charge in [-0.25, -0.2) is 4.98 Å². The van der Waals surface area contributed by atoms with Gasteiger partial charge in [0.15, 0.2) is 0 Å². The molecule has 0 saturated carbocycles. The third kappa shape index (κ3) is 4.85. The lowest BCUT2D eigenvalue weighted by Crippen LogP contribution is -2.22. The summed E-state index contributed by atoms with van der Waals surface area (Å²) in [5.74, 6) is -0.156. The molecule has 0 aliphatic carbocycles. The van der Waals surface area contributed by atoms with E-state index in [0.29, 0.717) is 17.3 Å². The maximum atomic E-state index is 11.9. The van der Waals surface area contributed by atoms with Crippen LogP contribution in [-0.2, 0) is 13.1 Å². The number of pyridine rings is 1. The van der Waals surface area contributed by atoms with E-state index >= 15 is 0 Å². The minimum atomic E-state index is -0.156. The van der Waals surface area contributed by atoms with Gasteiger partial charge in [0.2, 0.25) is 0 Å². The van der Waals surface area contributed by atoms with E-state index < -0.39 is 0 Å². The van der Waals surface area contributed by atoms with E-state index in [1.165, 1.54) is 11.8 Å². The summed E-state index contributed by atoms with van der Waals surface area (Å²) in [6.45, 7) is 1.40. The molecule has 0 saturated heterocycles. The van der Waals surface area contributed by atoms with Crippen LogP contribution in [0.15, 0.2) is 42.6 Å². The fourth-order valence-corrected chi connectivity index (χ4v) is 2.03. The zero-order valence-corrected chi connectivity index (χ0v) is 12.9. The van der Waals surface area contributed by atoms with Crippen molar-refractivity contribution in [1.29, 1.82) is 0 Å². The Morgan fingerprint density at radius 3 is 2.38 bits per heavy atom. The molecule has 110 valence electrons. The lowest BCUT2D eigenvalue weighted by atomic mass is 10.1. The molecule has 4 nitrogen and oxygen atoms in total. The average molecular weight is 304 g/mol. The van der Waals surface area contributed by atoms with Crippen molar-refractivity contribution in [1.82, 2.24) is 15.2 Å².